The molecule has 3 heterocycles. The van der Waals surface area contributed by atoms with Crippen molar-refractivity contribution in [1.29, 1.82) is 0 Å². The molecule has 0 radical (unpaired) electrons. The lowest BCUT2D eigenvalue weighted by atomic mass is 10.7. The van der Waals surface area contributed by atoms with Crippen LogP contribution in [-0.4, -0.2) is 109 Å². The minimum Gasteiger partial charge on any atom is -0.469 e. The third kappa shape index (κ3) is 10.5. The molecule has 9 nitrogen and oxygen atoms in total. The van der Waals surface area contributed by atoms with E-state index in [9.17, 15) is 0 Å². The van der Waals surface area contributed by atoms with Crippen LogP contribution in [0.5, 0.6) is 0 Å². The van der Waals surface area contributed by atoms with E-state index in [-0.39, 0.29) is 15.5 Å². The Morgan fingerprint density at radius 1 is 0.621 bits per heavy atom. The van der Waals surface area contributed by atoms with Gasteiger partial charge in [-0.15, -0.1) is 0 Å². The minimum absolute atomic E-state index is 0.189. The molecule has 0 aliphatic carbocycles. The van der Waals surface area contributed by atoms with Gasteiger partial charge < -0.3 is 14.2 Å². The third-order valence-corrected chi connectivity index (χ3v) is 7.78. The highest BCUT2D eigenvalue weighted by Crippen LogP contribution is 2.31. The molecular weight excluding hydrogens is 471 g/mol. The van der Waals surface area contributed by atoms with Crippen molar-refractivity contribution >= 4 is 70.5 Å². The predicted octanol–water partition coefficient (Wildman–Crippen LogP) is -0.169. The van der Waals surface area contributed by atoms with Gasteiger partial charge in [-0.3, -0.25) is 30.0 Å². The standard InChI is InChI=1S/C15H27N6O3PS4/c26-13(22-10-7-19-1-2-19)16-25(29,17-14(27)23-11-8-20-3-4-20)18-15(28)24-12-9-21-5-6-21/h1-12H2,(H3,16,17,18,26,27,28,29). The molecule has 0 aromatic carbocycles. The van der Waals surface area contributed by atoms with E-state index in [1.807, 2.05) is 0 Å². The van der Waals surface area contributed by atoms with Gasteiger partial charge in [-0.1, -0.05) is 0 Å². The second-order valence-corrected chi connectivity index (χ2v) is 11.5. The summed E-state index contributed by atoms with van der Waals surface area (Å²) in [7, 11) is 0. The van der Waals surface area contributed by atoms with Crippen LogP contribution < -0.4 is 15.3 Å². The molecule has 0 aromatic heterocycles. The number of rotatable bonds is 12. The number of ether oxygens (including phenoxy) is 3. The molecule has 0 unspecified atom stereocenters. The van der Waals surface area contributed by atoms with Crippen LogP contribution in [0.1, 0.15) is 0 Å². The summed E-state index contributed by atoms with van der Waals surface area (Å²) < 4.78 is 16.7. The van der Waals surface area contributed by atoms with Crippen LogP contribution in [0.25, 0.3) is 0 Å². The van der Waals surface area contributed by atoms with Gasteiger partial charge in [0.05, 0.1) is 0 Å². The van der Waals surface area contributed by atoms with Crippen molar-refractivity contribution in [3.63, 3.8) is 0 Å². The molecule has 0 atom stereocenters. The van der Waals surface area contributed by atoms with Crippen molar-refractivity contribution in [3.05, 3.63) is 0 Å². The van der Waals surface area contributed by atoms with Crippen molar-refractivity contribution < 1.29 is 14.2 Å². The van der Waals surface area contributed by atoms with E-state index in [1.54, 1.807) is 0 Å². The normalized spacial score (nSPS) is 18.5. The molecule has 0 bridgehead atoms. The van der Waals surface area contributed by atoms with Crippen LogP contribution in [-0.2, 0) is 26.0 Å². The molecular formula is C15H27N6O3PS4. The van der Waals surface area contributed by atoms with Crippen molar-refractivity contribution in [2.45, 2.75) is 0 Å². The minimum atomic E-state index is -2.79. The SMILES string of the molecule is S=C(NP(=S)(NC(=S)OCCN1CC1)NC(=S)OCCN1CC1)OCCN1CC1. The zero-order chi connectivity index (χ0) is 20.7. The fourth-order valence-electron chi connectivity index (χ4n) is 2.25. The van der Waals surface area contributed by atoms with Gasteiger partial charge in [0.25, 0.3) is 15.5 Å². The Balaban J connectivity index is 1.44. The number of nitrogens with zero attached hydrogens (tertiary/aromatic N) is 3. The van der Waals surface area contributed by atoms with Gasteiger partial charge in [0.15, 0.2) is 0 Å². The fourth-order valence-corrected chi connectivity index (χ4v) is 6.13. The maximum atomic E-state index is 5.72. The van der Waals surface area contributed by atoms with E-state index in [0.29, 0.717) is 19.8 Å². The van der Waals surface area contributed by atoms with Crippen LogP contribution >= 0.6 is 43.1 Å². The van der Waals surface area contributed by atoms with Gasteiger partial charge in [-0.2, -0.15) is 0 Å². The summed E-state index contributed by atoms with van der Waals surface area (Å²) in [6, 6.07) is 0. The largest absolute Gasteiger partial charge is 0.469 e. The summed E-state index contributed by atoms with van der Waals surface area (Å²) in [4.78, 5) is 6.73. The van der Waals surface area contributed by atoms with Crippen LogP contribution in [0.3, 0.4) is 0 Å². The molecule has 29 heavy (non-hydrogen) atoms. The molecule has 0 aromatic rings. The van der Waals surface area contributed by atoms with Crippen LogP contribution in [0.2, 0.25) is 0 Å². The topological polar surface area (TPSA) is 72.8 Å². The third-order valence-electron chi connectivity index (χ3n) is 4.29. The fraction of sp³-hybridized carbons (Fsp3) is 0.800. The molecule has 0 saturated carbocycles. The first kappa shape index (κ1) is 23.3. The maximum Gasteiger partial charge on any atom is 0.263 e. The summed E-state index contributed by atoms with van der Waals surface area (Å²) in [5.41, 5.74) is 0. The zero-order valence-corrected chi connectivity index (χ0v) is 20.3. The first-order valence-corrected chi connectivity index (χ1v) is 13.6. The van der Waals surface area contributed by atoms with Crippen LogP contribution in [0.15, 0.2) is 0 Å². The van der Waals surface area contributed by atoms with Crippen molar-refractivity contribution in [2.24, 2.45) is 0 Å². The maximum absolute atomic E-state index is 5.72. The first-order chi connectivity index (χ1) is 13.9. The average molecular weight is 499 g/mol. The molecule has 3 N–H and O–H groups in total. The molecule has 3 aliphatic heterocycles. The number of thiocarbonyl (C=S) groups is 3. The highest BCUT2D eigenvalue weighted by atomic mass is 32.4. The highest BCUT2D eigenvalue weighted by Gasteiger charge is 2.25. The summed E-state index contributed by atoms with van der Waals surface area (Å²) in [5.74, 6) is 0. The molecule has 3 fully saturated rings. The Hall–Kier alpha value is -0.400. The number of hydrogen-bond acceptors (Lipinski definition) is 10. The Kier molecular flexibility index (Phi) is 9.05. The lowest BCUT2D eigenvalue weighted by Crippen LogP contribution is -2.41. The monoisotopic (exact) mass is 498 g/mol. The Bertz CT molecular complexity index is 574. The molecule has 0 amide bonds. The van der Waals surface area contributed by atoms with Gasteiger partial charge in [0.1, 0.15) is 19.8 Å². The predicted molar refractivity (Wildman–Crippen MR) is 129 cm³/mol. The van der Waals surface area contributed by atoms with Gasteiger partial charge in [-0.05, 0) is 48.5 Å². The second kappa shape index (κ2) is 11.3. The van der Waals surface area contributed by atoms with Gasteiger partial charge in [-0.25, -0.2) is 0 Å². The van der Waals surface area contributed by atoms with Crippen molar-refractivity contribution in [2.75, 3.05) is 78.7 Å². The summed E-state index contributed by atoms with van der Waals surface area (Å²) in [6.07, 6.45) is 0. The Morgan fingerprint density at radius 2 is 0.897 bits per heavy atom. The molecule has 14 heteroatoms. The number of nitrogens with one attached hydrogen (secondary N) is 3. The van der Waals surface area contributed by atoms with Crippen LogP contribution in [0.4, 0.5) is 0 Å². The zero-order valence-electron chi connectivity index (χ0n) is 16.1. The summed E-state index contributed by atoms with van der Waals surface area (Å²) in [5, 5.41) is 9.60. The molecule has 0 spiro atoms. The van der Waals surface area contributed by atoms with Crippen molar-refractivity contribution in [3.8, 4) is 0 Å². The van der Waals surface area contributed by atoms with E-state index in [4.69, 9.17) is 62.7 Å². The first-order valence-electron chi connectivity index (χ1n) is 9.54. The van der Waals surface area contributed by atoms with Crippen molar-refractivity contribution in [1.82, 2.24) is 30.0 Å². The summed E-state index contributed by atoms with van der Waals surface area (Å²) in [6.45, 7) is 7.85. The molecule has 3 aliphatic rings. The van der Waals surface area contributed by atoms with E-state index < -0.39 is 6.49 Å². The molecule has 3 saturated heterocycles. The Labute approximate surface area is 192 Å². The van der Waals surface area contributed by atoms with Crippen LogP contribution in [0, 0.1) is 0 Å². The lowest BCUT2D eigenvalue weighted by Gasteiger charge is -2.27. The summed E-state index contributed by atoms with van der Waals surface area (Å²) >= 11 is 21.6. The van der Waals surface area contributed by atoms with Gasteiger partial charge in [0, 0.05) is 58.9 Å². The highest BCUT2D eigenvalue weighted by molar-refractivity contribution is 8.13. The second-order valence-electron chi connectivity index (χ2n) is 6.88. The molecule has 3 rings (SSSR count). The van der Waals surface area contributed by atoms with Gasteiger partial charge >= 0.3 is 0 Å². The Morgan fingerprint density at radius 3 is 1.14 bits per heavy atom. The molecule has 164 valence electrons. The van der Waals surface area contributed by atoms with E-state index in [2.05, 4.69) is 30.0 Å². The van der Waals surface area contributed by atoms with E-state index in [0.717, 1.165) is 58.9 Å². The van der Waals surface area contributed by atoms with E-state index >= 15 is 0 Å². The smallest absolute Gasteiger partial charge is 0.263 e. The number of hydrogen-bond donors (Lipinski definition) is 3. The van der Waals surface area contributed by atoms with E-state index in [1.165, 1.54) is 0 Å². The lowest BCUT2D eigenvalue weighted by molar-refractivity contribution is 0.277. The average Bonchev–Trinajstić information content (AvgIpc) is 3.48. The quantitative estimate of drug-likeness (QED) is 0.190. The van der Waals surface area contributed by atoms with Gasteiger partial charge in [0.2, 0.25) is 6.49 Å².